The highest BCUT2D eigenvalue weighted by atomic mass is 16.6. The second kappa shape index (κ2) is 10.9. The van der Waals surface area contributed by atoms with Crippen LogP contribution in [0.2, 0.25) is 0 Å². The number of carbonyl (C=O) groups is 2. The van der Waals surface area contributed by atoms with Gasteiger partial charge in [-0.25, -0.2) is 9.59 Å². The number of nitrogens with two attached hydrogens (primary N) is 1. The molecule has 1 amide bonds. The number of nitrogens with zero attached hydrogens (tertiary/aromatic N) is 1. The molecule has 1 aromatic carbocycles. The number of carbonyl (C=O) groups excluding carboxylic acids is 2. The van der Waals surface area contributed by atoms with Gasteiger partial charge in [0.2, 0.25) is 0 Å². The van der Waals surface area contributed by atoms with Crippen molar-refractivity contribution in [1.82, 2.24) is 4.90 Å². The van der Waals surface area contributed by atoms with Crippen LogP contribution in [0.5, 0.6) is 0 Å². The number of ether oxygens (including phenoxy) is 2. The summed E-state index contributed by atoms with van der Waals surface area (Å²) in [7, 11) is 0. The Bertz CT molecular complexity index is 662. The zero-order chi connectivity index (χ0) is 20.4. The van der Waals surface area contributed by atoms with E-state index in [1.807, 2.05) is 56.3 Å². The largest absolute Gasteiger partial charge is 0.459 e. The molecule has 0 spiro atoms. The number of hydrogen-bond donors (Lipinski definition) is 1. The summed E-state index contributed by atoms with van der Waals surface area (Å²) in [6, 6.07) is 9.32. The van der Waals surface area contributed by atoms with E-state index in [-0.39, 0.29) is 12.6 Å². The summed E-state index contributed by atoms with van der Waals surface area (Å²) in [4.78, 5) is 27.5. The summed E-state index contributed by atoms with van der Waals surface area (Å²) in [6.45, 7) is 4.80. The Morgan fingerprint density at radius 1 is 1.29 bits per heavy atom. The highest BCUT2D eigenvalue weighted by molar-refractivity contribution is 5.86. The summed E-state index contributed by atoms with van der Waals surface area (Å²) in [5, 5.41) is 0. The Morgan fingerprint density at radius 2 is 2.04 bits per heavy atom. The molecular weight excluding hydrogens is 356 g/mol. The number of unbranched alkanes of at least 4 members (excludes halogenated alkanes) is 1. The fraction of sp³-hybridized carbons (Fsp3) is 0.545. The van der Waals surface area contributed by atoms with Crippen molar-refractivity contribution in [2.24, 2.45) is 5.73 Å². The molecular formula is C22H32N2O4. The molecule has 0 aliphatic carbocycles. The van der Waals surface area contributed by atoms with E-state index < -0.39 is 17.6 Å². The fourth-order valence-electron chi connectivity index (χ4n) is 3.44. The summed E-state index contributed by atoms with van der Waals surface area (Å²) in [6.07, 6.45) is 6.34. The molecule has 2 atom stereocenters. The third kappa shape index (κ3) is 5.58. The maximum absolute atomic E-state index is 13.2. The lowest BCUT2D eigenvalue weighted by Gasteiger charge is -2.45. The van der Waals surface area contributed by atoms with Crippen LogP contribution in [0.25, 0.3) is 0 Å². The molecule has 2 N–H and O–H groups in total. The molecule has 154 valence electrons. The number of piperidine rings is 1. The predicted octanol–water partition coefficient (Wildman–Crippen LogP) is 3.79. The average Bonchev–Trinajstić information content (AvgIpc) is 2.71. The SMILES string of the molecule is C/C=C/CC1(C(=O)OCc2ccccc2)CC(N)CCN1C(=O)OCCCC. The van der Waals surface area contributed by atoms with Crippen molar-refractivity contribution >= 4 is 12.1 Å². The summed E-state index contributed by atoms with van der Waals surface area (Å²) < 4.78 is 11.1. The van der Waals surface area contributed by atoms with Gasteiger partial charge in [-0.1, -0.05) is 55.8 Å². The lowest BCUT2D eigenvalue weighted by molar-refractivity contribution is -0.161. The van der Waals surface area contributed by atoms with E-state index in [4.69, 9.17) is 15.2 Å². The van der Waals surface area contributed by atoms with Crippen molar-refractivity contribution in [1.29, 1.82) is 0 Å². The van der Waals surface area contributed by atoms with Crippen LogP contribution in [0.1, 0.15) is 51.5 Å². The lowest BCUT2D eigenvalue weighted by Crippen LogP contribution is -2.63. The van der Waals surface area contributed by atoms with Crippen LogP contribution in [0.3, 0.4) is 0 Å². The molecule has 1 aromatic rings. The maximum Gasteiger partial charge on any atom is 0.410 e. The Morgan fingerprint density at radius 3 is 2.71 bits per heavy atom. The van der Waals surface area contributed by atoms with Crippen molar-refractivity contribution in [3.63, 3.8) is 0 Å². The first-order valence-electron chi connectivity index (χ1n) is 10.1. The van der Waals surface area contributed by atoms with Crippen molar-refractivity contribution in [2.45, 2.75) is 64.1 Å². The van der Waals surface area contributed by atoms with Crippen LogP contribution >= 0.6 is 0 Å². The average molecular weight is 389 g/mol. The lowest BCUT2D eigenvalue weighted by atomic mass is 9.81. The molecule has 1 saturated heterocycles. The maximum atomic E-state index is 13.2. The third-order valence-electron chi connectivity index (χ3n) is 5.07. The Hall–Kier alpha value is -2.34. The zero-order valence-corrected chi connectivity index (χ0v) is 16.9. The molecule has 1 aliphatic heterocycles. The molecule has 6 heteroatoms. The van der Waals surface area contributed by atoms with Gasteiger partial charge in [-0.05, 0) is 38.2 Å². The number of allylic oxidation sites excluding steroid dienone is 1. The quantitative estimate of drug-likeness (QED) is 0.416. The van der Waals surface area contributed by atoms with Crippen molar-refractivity contribution in [3.8, 4) is 0 Å². The molecule has 0 bridgehead atoms. The van der Waals surface area contributed by atoms with Gasteiger partial charge in [0.15, 0.2) is 0 Å². The Balaban J connectivity index is 2.22. The standard InChI is InChI=1S/C22H32N2O4/c1-3-5-13-22(20(25)28-17-18-10-8-7-9-11-18)16-19(23)12-14-24(22)21(26)27-15-6-4-2/h3,5,7-11,19H,4,6,12-17,23H2,1-2H3/b5-3+. The minimum Gasteiger partial charge on any atom is -0.459 e. The summed E-state index contributed by atoms with van der Waals surface area (Å²) in [5.41, 5.74) is 5.96. The van der Waals surface area contributed by atoms with Gasteiger partial charge in [-0.15, -0.1) is 0 Å². The van der Waals surface area contributed by atoms with Gasteiger partial charge in [-0.2, -0.15) is 0 Å². The Labute approximate surface area is 167 Å². The molecule has 1 aliphatic rings. The minimum atomic E-state index is -1.14. The van der Waals surface area contributed by atoms with E-state index in [2.05, 4.69) is 0 Å². The molecule has 0 saturated carbocycles. The topological polar surface area (TPSA) is 81.9 Å². The third-order valence-corrected chi connectivity index (χ3v) is 5.07. The van der Waals surface area contributed by atoms with E-state index in [1.54, 1.807) is 0 Å². The highest BCUT2D eigenvalue weighted by Gasteiger charge is 2.51. The van der Waals surface area contributed by atoms with Gasteiger partial charge in [0.1, 0.15) is 12.1 Å². The molecule has 28 heavy (non-hydrogen) atoms. The number of rotatable bonds is 8. The Kier molecular flexibility index (Phi) is 8.51. The van der Waals surface area contributed by atoms with Crippen LogP contribution in [-0.4, -0.2) is 41.7 Å². The van der Waals surface area contributed by atoms with Gasteiger partial charge in [0.05, 0.1) is 6.61 Å². The predicted molar refractivity (Wildman–Crippen MR) is 109 cm³/mol. The second-order valence-electron chi connectivity index (χ2n) is 7.24. The molecule has 0 aromatic heterocycles. The number of benzene rings is 1. The van der Waals surface area contributed by atoms with Crippen LogP contribution in [-0.2, 0) is 20.9 Å². The smallest absolute Gasteiger partial charge is 0.410 e. The first kappa shape index (κ1) is 22.0. The minimum absolute atomic E-state index is 0.158. The van der Waals surface area contributed by atoms with Crippen molar-refractivity contribution in [3.05, 3.63) is 48.0 Å². The number of esters is 1. The van der Waals surface area contributed by atoms with Gasteiger partial charge in [-0.3, -0.25) is 4.90 Å². The van der Waals surface area contributed by atoms with Crippen molar-refractivity contribution in [2.75, 3.05) is 13.2 Å². The van der Waals surface area contributed by atoms with Crippen LogP contribution in [0, 0.1) is 0 Å². The van der Waals surface area contributed by atoms with Gasteiger partial charge in [0.25, 0.3) is 0 Å². The highest BCUT2D eigenvalue weighted by Crippen LogP contribution is 2.34. The van der Waals surface area contributed by atoms with E-state index in [1.165, 1.54) is 4.90 Å². The normalized spacial score (nSPS) is 22.2. The number of amides is 1. The number of hydrogen-bond acceptors (Lipinski definition) is 5. The van der Waals surface area contributed by atoms with E-state index in [0.717, 1.165) is 18.4 Å². The van der Waals surface area contributed by atoms with Gasteiger partial charge >= 0.3 is 12.1 Å². The van der Waals surface area contributed by atoms with Crippen molar-refractivity contribution < 1.29 is 19.1 Å². The van der Waals surface area contributed by atoms with Gasteiger partial charge in [0, 0.05) is 12.6 Å². The first-order valence-corrected chi connectivity index (χ1v) is 10.1. The molecule has 0 radical (unpaired) electrons. The molecule has 2 unspecified atom stereocenters. The van der Waals surface area contributed by atoms with Gasteiger partial charge < -0.3 is 15.2 Å². The van der Waals surface area contributed by atoms with Crippen LogP contribution in [0.4, 0.5) is 4.79 Å². The monoisotopic (exact) mass is 388 g/mol. The molecule has 1 fully saturated rings. The second-order valence-corrected chi connectivity index (χ2v) is 7.24. The molecule has 2 rings (SSSR count). The van der Waals surface area contributed by atoms with E-state index >= 15 is 0 Å². The zero-order valence-electron chi connectivity index (χ0n) is 16.9. The number of likely N-dealkylation sites (tertiary alicyclic amines) is 1. The van der Waals surface area contributed by atoms with E-state index in [0.29, 0.717) is 32.4 Å². The first-order chi connectivity index (χ1) is 13.5. The van der Waals surface area contributed by atoms with Crippen LogP contribution in [0.15, 0.2) is 42.5 Å². The summed E-state index contributed by atoms with van der Waals surface area (Å²) in [5.74, 6) is -0.433. The molecule has 1 heterocycles. The summed E-state index contributed by atoms with van der Waals surface area (Å²) >= 11 is 0. The fourth-order valence-corrected chi connectivity index (χ4v) is 3.44. The molecule has 6 nitrogen and oxygen atoms in total. The van der Waals surface area contributed by atoms with Crippen LogP contribution < -0.4 is 5.73 Å². The van der Waals surface area contributed by atoms with E-state index in [9.17, 15) is 9.59 Å².